The summed E-state index contributed by atoms with van der Waals surface area (Å²) in [5.41, 5.74) is 1.04. The molecule has 1 heterocycles. The van der Waals surface area contributed by atoms with Crippen LogP contribution in [-0.2, 0) is 9.59 Å². The summed E-state index contributed by atoms with van der Waals surface area (Å²) in [6, 6.07) is 7.14. The van der Waals surface area contributed by atoms with Crippen LogP contribution in [0.2, 0.25) is 5.02 Å². The van der Waals surface area contributed by atoms with E-state index in [1.54, 1.807) is 24.3 Å². The van der Waals surface area contributed by atoms with Gasteiger partial charge >= 0.3 is 0 Å². The molecule has 1 aromatic rings. The molecule has 1 aromatic carbocycles. The molecule has 0 aliphatic carbocycles. The second kappa shape index (κ2) is 3.87. The monoisotopic (exact) mass is 221 g/mol. The number of nitrogens with one attached hydrogen (secondary N) is 1. The minimum absolute atomic E-state index is 0.0731. The van der Waals surface area contributed by atoms with Crippen LogP contribution in [0, 0.1) is 0 Å². The molecule has 0 unspecified atom stereocenters. The highest BCUT2D eigenvalue weighted by atomic mass is 35.5. The van der Waals surface area contributed by atoms with Gasteiger partial charge in [0.25, 0.3) is 0 Å². The van der Waals surface area contributed by atoms with Crippen LogP contribution in [0.4, 0.5) is 0 Å². The summed E-state index contributed by atoms with van der Waals surface area (Å²) in [7, 11) is 0. The lowest BCUT2D eigenvalue weighted by Crippen LogP contribution is -2.12. The largest absolute Gasteiger partial charge is 0.323 e. The summed E-state index contributed by atoms with van der Waals surface area (Å²) in [6.07, 6.45) is 1.52. The second-order valence-electron chi connectivity index (χ2n) is 3.23. The summed E-state index contributed by atoms with van der Waals surface area (Å²) in [5.74, 6) is -0.460. The standard InChI is InChI=1S/C11H8ClNO2/c12-8-4-2-1-3-7(8)5-9-10(14)6-11(15)13-9/h1-5H,6H2,(H,13,15). The summed E-state index contributed by atoms with van der Waals surface area (Å²) in [5, 5.41) is 3.05. The summed E-state index contributed by atoms with van der Waals surface area (Å²) in [4.78, 5) is 22.2. The Morgan fingerprint density at radius 1 is 1.27 bits per heavy atom. The number of ketones is 1. The van der Waals surface area contributed by atoms with Crippen LogP contribution in [-0.4, -0.2) is 11.7 Å². The molecule has 1 aliphatic heterocycles. The first-order valence-electron chi connectivity index (χ1n) is 4.46. The van der Waals surface area contributed by atoms with Gasteiger partial charge in [-0.25, -0.2) is 0 Å². The lowest BCUT2D eigenvalue weighted by atomic mass is 10.1. The summed E-state index contributed by atoms with van der Waals surface area (Å²) >= 11 is 5.92. The molecular formula is C11H8ClNO2. The van der Waals surface area contributed by atoms with Gasteiger partial charge < -0.3 is 5.32 Å². The van der Waals surface area contributed by atoms with Crippen molar-refractivity contribution in [1.29, 1.82) is 0 Å². The van der Waals surface area contributed by atoms with Crippen molar-refractivity contribution in [3.8, 4) is 0 Å². The van der Waals surface area contributed by atoms with Crippen LogP contribution < -0.4 is 5.32 Å². The van der Waals surface area contributed by atoms with Crippen LogP contribution in [0.5, 0.6) is 0 Å². The van der Waals surface area contributed by atoms with Crippen molar-refractivity contribution in [1.82, 2.24) is 5.32 Å². The lowest BCUT2D eigenvalue weighted by molar-refractivity contribution is -0.121. The van der Waals surface area contributed by atoms with E-state index in [0.717, 1.165) is 5.56 Å². The highest BCUT2D eigenvalue weighted by molar-refractivity contribution is 6.32. The fourth-order valence-corrected chi connectivity index (χ4v) is 1.56. The van der Waals surface area contributed by atoms with Gasteiger partial charge in [-0.1, -0.05) is 29.8 Å². The van der Waals surface area contributed by atoms with E-state index in [9.17, 15) is 9.59 Å². The van der Waals surface area contributed by atoms with Crippen molar-refractivity contribution in [2.75, 3.05) is 0 Å². The molecule has 1 amide bonds. The van der Waals surface area contributed by atoms with E-state index in [1.807, 2.05) is 6.07 Å². The predicted octanol–water partition coefficient (Wildman–Crippen LogP) is 1.77. The Morgan fingerprint density at radius 3 is 2.60 bits per heavy atom. The number of allylic oxidation sites excluding steroid dienone is 1. The van der Waals surface area contributed by atoms with Gasteiger partial charge in [0.15, 0.2) is 5.78 Å². The molecule has 4 heteroatoms. The first-order chi connectivity index (χ1) is 7.16. The number of carbonyl (C=O) groups is 2. The fraction of sp³-hybridized carbons (Fsp3) is 0.0909. The van der Waals surface area contributed by atoms with Crippen molar-refractivity contribution in [2.45, 2.75) is 6.42 Å². The van der Waals surface area contributed by atoms with Crippen LogP contribution in [0.25, 0.3) is 6.08 Å². The molecule has 0 bridgehead atoms. The average molecular weight is 222 g/mol. The number of Topliss-reactive ketones (excluding diaryl/α,β-unsaturated/α-hetero) is 1. The highest BCUT2D eigenvalue weighted by Crippen LogP contribution is 2.19. The van der Waals surface area contributed by atoms with Crippen molar-refractivity contribution in [3.05, 3.63) is 40.5 Å². The SMILES string of the molecule is O=C1CC(=O)C(=Cc2ccccc2Cl)N1. The molecule has 2 rings (SSSR count). The zero-order chi connectivity index (χ0) is 10.8. The minimum atomic E-state index is -0.265. The number of carbonyl (C=O) groups excluding carboxylic acids is 2. The molecule has 1 fully saturated rings. The molecule has 15 heavy (non-hydrogen) atoms. The van der Waals surface area contributed by atoms with E-state index in [0.29, 0.717) is 10.7 Å². The third-order valence-corrected chi connectivity index (χ3v) is 2.44. The zero-order valence-corrected chi connectivity index (χ0v) is 8.54. The molecule has 0 saturated carbocycles. The Hall–Kier alpha value is -1.61. The van der Waals surface area contributed by atoms with Crippen LogP contribution in [0.3, 0.4) is 0 Å². The predicted molar refractivity (Wildman–Crippen MR) is 57.2 cm³/mol. The molecule has 0 spiro atoms. The normalized spacial score (nSPS) is 18.3. The third-order valence-electron chi connectivity index (χ3n) is 2.10. The van der Waals surface area contributed by atoms with Gasteiger partial charge in [-0.05, 0) is 17.7 Å². The van der Waals surface area contributed by atoms with Gasteiger partial charge in [-0.15, -0.1) is 0 Å². The number of rotatable bonds is 1. The van der Waals surface area contributed by atoms with Gasteiger partial charge in [-0.2, -0.15) is 0 Å². The zero-order valence-electron chi connectivity index (χ0n) is 7.79. The van der Waals surface area contributed by atoms with Crippen molar-refractivity contribution >= 4 is 29.4 Å². The Kier molecular flexibility index (Phi) is 2.56. The van der Waals surface area contributed by atoms with E-state index >= 15 is 0 Å². The number of halogens is 1. The Bertz CT molecular complexity index is 465. The highest BCUT2D eigenvalue weighted by Gasteiger charge is 2.23. The van der Waals surface area contributed by atoms with E-state index in [2.05, 4.69) is 5.32 Å². The summed E-state index contributed by atoms with van der Waals surface area (Å²) in [6.45, 7) is 0. The molecule has 1 aliphatic rings. The van der Waals surface area contributed by atoms with Crippen LogP contribution >= 0.6 is 11.6 Å². The molecule has 0 radical (unpaired) electrons. The minimum Gasteiger partial charge on any atom is -0.323 e. The van der Waals surface area contributed by atoms with E-state index in [-0.39, 0.29) is 18.1 Å². The third kappa shape index (κ3) is 2.07. The van der Waals surface area contributed by atoms with Gasteiger partial charge in [0.2, 0.25) is 5.91 Å². The molecule has 1 saturated heterocycles. The van der Waals surface area contributed by atoms with Crippen molar-refractivity contribution in [3.63, 3.8) is 0 Å². The average Bonchev–Trinajstić information content (AvgIpc) is 2.49. The fourth-order valence-electron chi connectivity index (χ4n) is 1.37. The molecule has 1 N–H and O–H groups in total. The topological polar surface area (TPSA) is 46.2 Å². The number of hydrogen-bond acceptors (Lipinski definition) is 2. The van der Waals surface area contributed by atoms with Gasteiger partial charge in [0.05, 0.1) is 12.1 Å². The molecule has 3 nitrogen and oxygen atoms in total. The summed E-state index contributed by atoms with van der Waals surface area (Å²) < 4.78 is 0. The number of hydrogen-bond donors (Lipinski definition) is 1. The van der Waals surface area contributed by atoms with E-state index < -0.39 is 0 Å². The first kappa shape index (κ1) is 9.93. The Labute approximate surface area is 91.7 Å². The Balaban J connectivity index is 2.35. The quantitative estimate of drug-likeness (QED) is 0.580. The molecular weight excluding hydrogens is 214 g/mol. The van der Waals surface area contributed by atoms with Gasteiger partial charge in [-0.3, -0.25) is 9.59 Å². The lowest BCUT2D eigenvalue weighted by Gasteiger charge is -1.99. The maximum absolute atomic E-state index is 11.3. The van der Waals surface area contributed by atoms with Gasteiger partial charge in [0, 0.05) is 5.02 Å². The maximum atomic E-state index is 11.3. The van der Waals surface area contributed by atoms with Crippen molar-refractivity contribution in [2.24, 2.45) is 0 Å². The smallest absolute Gasteiger partial charge is 0.232 e. The number of amides is 1. The molecule has 76 valence electrons. The number of benzene rings is 1. The van der Waals surface area contributed by atoms with Crippen LogP contribution in [0.15, 0.2) is 30.0 Å². The van der Waals surface area contributed by atoms with Gasteiger partial charge in [0.1, 0.15) is 0 Å². The van der Waals surface area contributed by atoms with E-state index in [1.165, 1.54) is 0 Å². The van der Waals surface area contributed by atoms with Crippen LogP contribution in [0.1, 0.15) is 12.0 Å². The Morgan fingerprint density at radius 2 is 2.00 bits per heavy atom. The first-order valence-corrected chi connectivity index (χ1v) is 4.84. The van der Waals surface area contributed by atoms with Crippen molar-refractivity contribution < 1.29 is 9.59 Å². The molecule has 0 aromatic heterocycles. The van der Waals surface area contributed by atoms with E-state index in [4.69, 9.17) is 11.6 Å². The maximum Gasteiger partial charge on any atom is 0.232 e. The molecule has 0 atom stereocenters. The second-order valence-corrected chi connectivity index (χ2v) is 3.63.